The third-order valence-corrected chi connectivity index (χ3v) is 4.95. The molecule has 20 heavy (non-hydrogen) atoms. The first-order chi connectivity index (χ1) is 9.21. The van der Waals surface area contributed by atoms with Gasteiger partial charge in [-0.1, -0.05) is 61.6 Å². The summed E-state index contributed by atoms with van der Waals surface area (Å²) in [5.74, 6) is 0.455. The highest BCUT2D eigenvalue weighted by atomic mass is 127. The van der Waals surface area contributed by atoms with E-state index in [1.807, 2.05) is 0 Å². The van der Waals surface area contributed by atoms with Crippen molar-refractivity contribution in [3.63, 3.8) is 0 Å². The second kappa shape index (κ2) is 5.95. The van der Waals surface area contributed by atoms with Gasteiger partial charge in [-0.3, -0.25) is 0 Å². The predicted octanol–water partition coefficient (Wildman–Crippen LogP) is 6.01. The predicted molar refractivity (Wildman–Crippen MR) is 93.9 cm³/mol. The highest BCUT2D eigenvalue weighted by Gasteiger charge is 2.24. The van der Waals surface area contributed by atoms with Gasteiger partial charge < -0.3 is 0 Å². The van der Waals surface area contributed by atoms with Crippen molar-refractivity contribution in [2.24, 2.45) is 0 Å². The summed E-state index contributed by atoms with van der Waals surface area (Å²) in [5, 5.41) is 1.43. The molecule has 2 rings (SSSR count). The van der Waals surface area contributed by atoms with E-state index in [1.54, 1.807) is 18.2 Å². The van der Waals surface area contributed by atoms with Crippen LogP contribution in [0.25, 0.3) is 11.4 Å². The molecule has 2 aromatic rings. The Hall–Kier alpha value is -0.100. The zero-order chi connectivity index (χ0) is 15.1. The van der Waals surface area contributed by atoms with Crippen molar-refractivity contribution in [1.82, 2.24) is 9.97 Å². The molecule has 0 spiro atoms. The first kappa shape index (κ1) is 16.3. The van der Waals surface area contributed by atoms with Gasteiger partial charge in [0.1, 0.15) is 5.15 Å². The van der Waals surface area contributed by atoms with Gasteiger partial charge >= 0.3 is 0 Å². The van der Waals surface area contributed by atoms with Crippen LogP contribution in [0.15, 0.2) is 18.2 Å². The molecule has 0 bridgehead atoms. The molecule has 0 aliphatic heterocycles. The zero-order valence-corrected chi connectivity index (χ0v) is 15.6. The quantitative estimate of drug-likeness (QED) is 0.400. The molecule has 0 aliphatic carbocycles. The molecular weight excluding hydrogens is 429 g/mol. The molecule has 1 aromatic heterocycles. The maximum absolute atomic E-state index is 6.23. The molecule has 106 valence electrons. The molecule has 1 aromatic carbocycles. The van der Waals surface area contributed by atoms with E-state index in [1.165, 1.54) is 0 Å². The Labute approximate surface area is 147 Å². The fourth-order valence-corrected chi connectivity index (χ4v) is 3.53. The van der Waals surface area contributed by atoms with Gasteiger partial charge in [-0.05, 0) is 34.7 Å². The third kappa shape index (κ3) is 3.21. The summed E-state index contributed by atoms with van der Waals surface area (Å²) in [6.45, 7) is 6.23. The van der Waals surface area contributed by atoms with Gasteiger partial charge in [-0.15, -0.1) is 0 Å². The Kier molecular flexibility index (Phi) is 4.84. The minimum atomic E-state index is -0.147. The second-order valence-electron chi connectivity index (χ2n) is 5.35. The molecule has 2 nitrogen and oxygen atoms in total. The standard InChI is InChI=1S/C14H12Cl3IN2/c1-14(2,3)11-10(18)12(17)20-13(19-11)9-7(15)5-4-6-8(9)16/h4-6H,1-3H3. The smallest absolute Gasteiger partial charge is 0.164 e. The largest absolute Gasteiger partial charge is 0.231 e. The lowest BCUT2D eigenvalue weighted by Crippen LogP contribution is -2.17. The average molecular weight is 442 g/mol. The molecule has 0 saturated heterocycles. The maximum Gasteiger partial charge on any atom is 0.164 e. The van der Waals surface area contributed by atoms with Gasteiger partial charge in [-0.2, -0.15) is 0 Å². The van der Waals surface area contributed by atoms with E-state index in [-0.39, 0.29) is 5.41 Å². The first-order valence-electron chi connectivity index (χ1n) is 5.89. The van der Waals surface area contributed by atoms with Crippen LogP contribution < -0.4 is 0 Å². The Bertz CT molecular complexity index is 646. The molecule has 0 fully saturated rings. The fourth-order valence-electron chi connectivity index (χ4n) is 1.74. The van der Waals surface area contributed by atoms with Crippen molar-refractivity contribution in [3.05, 3.63) is 42.7 Å². The maximum atomic E-state index is 6.23. The van der Waals surface area contributed by atoms with E-state index in [0.717, 1.165) is 9.26 Å². The highest BCUT2D eigenvalue weighted by Crippen LogP contribution is 2.36. The van der Waals surface area contributed by atoms with Crippen LogP contribution in [0.5, 0.6) is 0 Å². The number of aromatic nitrogens is 2. The SMILES string of the molecule is CC(C)(C)c1nc(-c2c(Cl)cccc2Cl)nc(Cl)c1I. The zero-order valence-electron chi connectivity index (χ0n) is 11.1. The van der Waals surface area contributed by atoms with Crippen molar-refractivity contribution in [2.45, 2.75) is 26.2 Å². The Balaban J connectivity index is 2.74. The number of hydrogen-bond donors (Lipinski definition) is 0. The summed E-state index contributed by atoms with van der Waals surface area (Å²) in [6.07, 6.45) is 0. The van der Waals surface area contributed by atoms with E-state index < -0.39 is 0 Å². The molecule has 0 unspecified atom stereocenters. The highest BCUT2D eigenvalue weighted by molar-refractivity contribution is 14.1. The fraction of sp³-hybridized carbons (Fsp3) is 0.286. The third-order valence-electron chi connectivity index (χ3n) is 2.71. The monoisotopic (exact) mass is 440 g/mol. The Morgan fingerprint density at radius 3 is 2.05 bits per heavy atom. The molecule has 0 amide bonds. The minimum absolute atomic E-state index is 0.147. The Morgan fingerprint density at radius 2 is 1.55 bits per heavy atom. The van der Waals surface area contributed by atoms with Crippen LogP contribution >= 0.6 is 57.4 Å². The summed E-state index contributed by atoms with van der Waals surface area (Å²) in [6, 6.07) is 5.30. The molecule has 0 aliphatic rings. The van der Waals surface area contributed by atoms with Gasteiger partial charge in [0.05, 0.1) is 24.9 Å². The van der Waals surface area contributed by atoms with Crippen LogP contribution in [-0.2, 0) is 5.41 Å². The van der Waals surface area contributed by atoms with Gasteiger partial charge in [0.15, 0.2) is 5.82 Å². The molecule has 0 N–H and O–H groups in total. The van der Waals surface area contributed by atoms with Crippen molar-refractivity contribution < 1.29 is 0 Å². The molecule has 0 radical (unpaired) electrons. The molecule has 1 heterocycles. The normalized spacial score (nSPS) is 11.8. The topological polar surface area (TPSA) is 25.8 Å². The average Bonchev–Trinajstić information content (AvgIpc) is 2.31. The summed E-state index contributed by atoms with van der Waals surface area (Å²) in [7, 11) is 0. The van der Waals surface area contributed by atoms with E-state index in [9.17, 15) is 0 Å². The number of nitrogens with zero attached hydrogens (tertiary/aromatic N) is 2. The van der Waals surface area contributed by atoms with Gasteiger partial charge in [0, 0.05) is 5.41 Å². The van der Waals surface area contributed by atoms with Crippen molar-refractivity contribution in [1.29, 1.82) is 0 Å². The van der Waals surface area contributed by atoms with E-state index in [4.69, 9.17) is 34.8 Å². The molecule has 0 atom stereocenters. The lowest BCUT2D eigenvalue weighted by molar-refractivity contribution is 0.563. The van der Waals surface area contributed by atoms with E-state index in [2.05, 4.69) is 53.3 Å². The van der Waals surface area contributed by atoms with Crippen molar-refractivity contribution in [2.75, 3.05) is 0 Å². The van der Waals surface area contributed by atoms with Crippen LogP contribution in [0.3, 0.4) is 0 Å². The van der Waals surface area contributed by atoms with Crippen LogP contribution in [0.1, 0.15) is 26.5 Å². The lowest BCUT2D eigenvalue weighted by Gasteiger charge is -2.21. The number of benzene rings is 1. The minimum Gasteiger partial charge on any atom is -0.231 e. The summed E-state index contributed by atoms with van der Waals surface area (Å²) in [5.41, 5.74) is 1.34. The Morgan fingerprint density at radius 1 is 1.00 bits per heavy atom. The van der Waals surface area contributed by atoms with Gasteiger partial charge in [0.25, 0.3) is 0 Å². The van der Waals surface area contributed by atoms with E-state index in [0.29, 0.717) is 26.6 Å². The number of hydrogen-bond acceptors (Lipinski definition) is 2. The van der Waals surface area contributed by atoms with Crippen LogP contribution in [0.4, 0.5) is 0 Å². The van der Waals surface area contributed by atoms with E-state index >= 15 is 0 Å². The van der Waals surface area contributed by atoms with Gasteiger partial charge in [0.2, 0.25) is 0 Å². The van der Waals surface area contributed by atoms with Crippen LogP contribution in [-0.4, -0.2) is 9.97 Å². The van der Waals surface area contributed by atoms with Gasteiger partial charge in [-0.25, -0.2) is 9.97 Å². The summed E-state index contributed by atoms with van der Waals surface area (Å²) < 4.78 is 0.851. The molecular formula is C14H12Cl3IN2. The van der Waals surface area contributed by atoms with Crippen molar-refractivity contribution in [3.8, 4) is 11.4 Å². The lowest BCUT2D eigenvalue weighted by atomic mass is 9.92. The number of rotatable bonds is 1. The van der Waals surface area contributed by atoms with Crippen molar-refractivity contribution >= 4 is 57.4 Å². The first-order valence-corrected chi connectivity index (χ1v) is 8.11. The summed E-state index contributed by atoms with van der Waals surface area (Å²) in [4.78, 5) is 8.94. The number of halogens is 4. The van der Waals surface area contributed by atoms with Crippen LogP contribution in [0.2, 0.25) is 15.2 Å². The summed E-state index contributed by atoms with van der Waals surface area (Å²) >= 11 is 20.8. The molecule has 6 heteroatoms. The second-order valence-corrected chi connectivity index (χ2v) is 7.60. The van der Waals surface area contributed by atoms with Crippen LogP contribution in [0, 0.1) is 3.57 Å². The molecule has 0 saturated carbocycles.